The Labute approximate surface area is 88.1 Å². The number of hydrogen-bond acceptors (Lipinski definition) is 3. The average Bonchev–Trinajstić information content (AvgIpc) is 2.89. The Bertz CT molecular complexity index is 338. The predicted molar refractivity (Wildman–Crippen MR) is 53.6 cm³/mol. The van der Waals surface area contributed by atoms with Crippen molar-refractivity contribution >= 4 is 11.8 Å². The van der Waals surface area contributed by atoms with Crippen LogP contribution in [0.25, 0.3) is 0 Å². The second-order valence-corrected chi connectivity index (χ2v) is 4.67. The van der Waals surface area contributed by atoms with Crippen molar-refractivity contribution in [3.8, 4) is 0 Å². The number of nitrogens with zero attached hydrogens (tertiary/aromatic N) is 1. The molecule has 2 fully saturated rings. The van der Waals surface area contributed by atoms with Crippen LogP contribution < -0.4 is 5.73 Å². The predicted octanol–water partition coefficient (Wildman–Crippen LogP) is 0.0372. The van der Waals surface area contributed by atoms with E-state index in [0.29, 0.717) is 12.8 Å². The number of likely N-dealkylation sites (tertiary alicyclic amines) is 1. The van der Waals surface area contributed by atoms with Crippen LogP contribution in [0.3, 0.4) is 0 Å². The van der Waals surface area contributed by atoms with Gasteiger partial charge in [-0.05, 0) is 19.3 Å². The Morgan fingerprint density at radius 2 is 1.60 bits per heavy atom. The van der Waals surface area contributed by atoms with Crippen molar-refractivity contribution < 1.29 is 9.59 Å². The number of fused-ring (bicyclic) bond motifs is 1. The number of imide groups is 1. The lowest BCUT2D eigenvalue weighted by Crippen LogP contribution is -2.36. The van der Waals surface area contributed by atoms with Crippen LogP contribution in [0.5, 0.6) is 0 Å². The summed E-state index contributed by atoms with van der Waals surface area (Å²) in [6.07, 6.45) is 6.22. The topological polar surface area (TPSA) is 63.4 Å². The molecule has 4 atom stereocenters. The minimum absolute atomic E-state index is 0.00407. The molecule has 0 aromatic rings. The number of hydrogen-bond donors (Lipinski definition) is 1. The molecule has 0 spiro atoms. The number of amides is 2. The van der Waals surface area contributed by atoms with Crippen molar-refractivity contribution in [3.05, 3.63) is 12.2 Å². The van der Waals surface area contributed by atoms with E-state index in [0.717, 1.165) is 6.42 Å². The van der Waals surface area contributed by atoms with Crippen molar-refractivity contribution in [2.45, 2.75) is 31.3 Å². The van der Waals surface area contributed by atoms with E-state index >= 15 is 0 Å². The Kier molecular flexibility index (Phi) is 1.77. The fraction of sp³-hybridized carbons (Fsp3) is 0.636. The molecular weight excluding hydrogens is 192 g/mol. The molecule has 4 unspecified atom stereocenters. The third-order valence-corrected chi connectivity index (χ3v) is 3.68. The summed E-state index contributed by atoms with van der Waals surface area (Å²) in [5.41, 5.74) is 5.70. The average molecular weight is 206 g/mol. The van der Waals surface area contributed by atoms with Crippen LogP contribution >= 0.6 is 0 Å². The Morgan fingerprint density at radius 1 is 1.13 bits per heavy atom. The molecule has 4 heteroatoms. The number of carbonyl (C=O) groups is 2. The van der Waals surface area contributed by atoms with Crippen molar-refractivity contribution in [1.82, 2.24) is 4.90 Å². The summed E-state index contributed by atoms with van der Waals surface area (Å²) in [5, 5.41) is 0. The Morgan fingerprint density at radius 3 is 2.00 bits per heavy atom. The van der Waals surface area contributed by atoms with Gasteiger partial charge in [0.05, 0.1) is 17.9 Å². The third kappa shape index (κ3) is 1.17. The molecule has 2 N–H and O–H groups in total. The van der Waals surface area contributed by atoms with E-state index < -0.39 is 0 Å². The second-order valence-electron chi connectivity index (χ2n) is 4.67. The maximum atomic E-state index is 12.0. The summed E-state index contributed by atoms with van der Waals surface area (Å²) in [6, 6.07) is 0.0154. The SMILES string of the molecule is NC1CC1N1C(=O)C2CC=CCC2C1=O. The fourth-order valence-electron chi connectivity index (χ4n) is 2.65. The van der Waals surface area contributed by atoms with E-state index in [1.165, 1.54) is 4.90 Å². The van der Waals surface area contributed by atoms with Crippen LogP contribution in [0.1, 0.15) is 19.3 Å². The zero-order valence-corrected chi connectivity index (χ0v) is 8.43. The van der Waals surface area contributed by atoms with Gasteiger partial charge in [0.15, 0.2) is 0 Å². The molecule has 3 aliphatic rings. The third-order valence-electron chi connectivity index (χ3n) is 3.68. The number of allylic oxidation sites excluding steroid dienone is 2. The quantitative estimate of drug-likeness (QED) is 0.486. The molecule has 3 rings (SSSR count). The first-order chi connectivity index (χ1) is 7.20. The lowest BCUT2D eigenvalue weighted by atomic mass is 9.85. The van der Waals surface area contributed by atoms with Gasteiger partial charge in [0, 0.05) is 6.04 Å². The minimum atomic E-state index is -0.102. The summed E-state index contributed by atoms with van der Waals surface area (Å²) in [6.45, 7) is 0. The summed E-state index contributed by atoms with van der Waals surface area (Å²) in [5.74, 6) is -0.190. The van der Waals surface area contributed by atoms with E-state index in [4.69, 9.17) is 5.73 Å². The first-order valence-corrected chi connectivity index (χ1v) is 5.47. The lowest BCUT2D eigenvalue weighted by Gasteiger charge is -2.14. The van der Waals surface area contributed by atoms with Gasteiger partial charge in [0.25, 0.3) is 0 Å². The van der Waals surface area contributed by atoms with Gasteiger partial charge in [-0.2, -0.15) is 0 Å². The number of carbonyl (C=O) groups excluding carboxylic acids is 2. The molecule has 0 bridgehead atoms. The highest BCUT2D eigenvalue weighted by Crippen LogP contribution is 2.40. The molecule has 4 nitrogen and oxygen atoms in total. The second kappa shape index (κ2) is 2.92. The molecule has 2 aliphatic carbocycles. The van der Waals surface area contributed by atoms with Crippen LogP contribution in [0, 0.1) is 11.8 Å². The van der Waals surface area contributed by atoms with Crippen molar-refractivity contribution in [3.63, 3.8) is 0 Å². The molecule has 2 amide bonds. The highest BCUT2D eigenvalue weighted by Gasteiger charge is 2.54. The van der Waals surface area contributed by atoms with Crippen LogP contribution in [-0.4, -0.2) is 28.8 Å². The van der Waals surface area contributed by atoms with Crippen LogP contribution in [-0.2, 0) is 9.59 Å². The molecule has 80 valence electrons. The van der Waals surface area contributed by atoms with Gasteiger partial charge in [0.1, 0.15) is 0 Å². The first kappa shape index (κ1) is 9.09. The monoisotopic (exact) mass is 206 g/mol. The molecule has 1 heterocycles. The largest absolute Gasteiger partial charge is 0.326 e. The van der Waals surface area contributed by atoms with E-state index in [-0.39, 0.29) is 35.7 Å². The van der Waals surface area contributed by atoms with E-state index in [9.17, 15) is 9.59 Å². The minimum Gasteiger partial charge on any atom is -0.326 e. The summed E-state index contributed by atoms with van der Waals surface area (Å²) in [4.78, 5) is 25.4. The molecule has 1 aliphatic heterocycles. The fourth-order valence-corrected chi connectivity index (χ4v) is 2.65. The Balaban J connectivity index is 1.88. The lowest BCUT2D eigenvalue weighted by molar-refractivity contribution is -0.140. The zero-order chi connectivity index (χ0) is 10.6. The van der Waals surface area contributed by atoms with Gasteiger partial charge >= 0.3 is 0 Å². The molecule has 1 saturated carbocycles. The molecule has 15 heavy (non-hydrogen) atoms. The van der Waals surface area contributed by atoms with Gasteiger partial charge in [0.2, 0.25) is 11.8 Å². The first-order valence-electron chi connectivity index (χ1n) is 5.47. The van der Waals surface area contributed by atoms with Crippen LogP contribution in [0.15, 0.2) is 12.2 Å². The summed E-state index contributed by atoms with van der Waals surface area (Å²) >= 11 is 0. The maximum Gasteiger partial charge on any atom is 0.233 e. The van der Waals surface area contributed by atoms with Crippen LogP contribution in [0.2, 0.25) is 0 Å². The van der Waals surface area contributed by atoms with Gasteiger partial charge in [-0.15, -0.1) is 0 Å². The number of rotatable bonds is 1. The standard InChI is InChI=1S/C11H14N2O2/c12-8-5-9(8)13-10(14)6-3-1-2-4-7(6)11(13)15/h1-2,6-9H,3-5,12H2. The Hall–Kier alpha value is -1.16. The van der Waals surface area contributed by atoms with Gasteiger partial charge in [-0.1, -0.05) is 12.2 Å². The zero-order valence-electron chi connectivity index (χ0n) is 8.43. The normalized spacial score (nSPS) is 43.4. The summed E-state index contributed by atoms with van der Waals surface area (Å²) < 4.78 is 0. The van der Waals surface area contributed by atoms with E-state index in [1.807, 2.05) is 12.2 Å². The van der Waals surface area contributed by atoms with Gasteiger partial charge in [-0.3, -0.25) is 14.5 Å². The van der Waals surface area contributed by atoms with E-state index in [1.54, 1.807) is 0 Å². The van der Waals surface area contributed by atoms with Crippen molar-refractivity contribution in [1.29, 1.82) is 0 Å². The maximum absolute atomic E-state index is 12.0. The molecule has 0 aromatic heterocycles. The molecule has 1 saturated heterocycles. The van der Waals surface area contributed by atoms with Crippen LogP contribution in [0.4, 0.5) is 0 Å². The number of nitrogens with two attached hydrogens (primary N) is 1. The molecular formula is C11H14N2O2. The highest BCUT2D eigenvalue weighted by molar-refractivity contribution is 6.06. The van der Waals surface area contributed by atoms with Crippen molar-refractivity contribution in [2.75, 3.05) is 0 Å². The highest BCUT2D eigenvalue weighted by atomic mass is 16.2. The van der Waals surface area contributed by atoms with Gasteiger partial charge in [-0.25, -0.2) is 0 Å². The van der Waals surface area contributed by atoms with Gasteiger partial charge < -0.3 is 5.73 Å². The van der Waals surface area contributed by atoms with E-state index in [2.05, 4.69) is 0 Å². The molecule has 0 aromatic carbocycles. The summed E-state index contributed by atoms with van der Waals surface area (Å²) in [7, 11) is 0. The van der Waals surface area contributed by atoms with Crippen molar-refractivity contribution in [2.24, 2.45) is 17.6 Å². The smallest absolute Gasteiger partial charge is 0.233 e. The molecule has 0 radical (unpaired) electrons.